The standard InChI is InChI=1S/C7H10N2/c1-6(2)4-7(5-8)9-3/h4H,1-3H3. The Morgan fingerprint density at radius 1 is 1.56 bits per heavy atom. The molecular weight excluding hydrogens is 112 g/mol. The van der Waals surface area contributed by atoms with Crippen LogP contribution in [0.2, 0.25) is 0 Å². The Bertz CT molecular complexity index is 178. The Balaban J connectivity index is 4.24. The maximum absolute atomic E-state index is 8.35. The summed E-state index contributed by atoms with van der Waals surface area (Å²) in [5, 5.41) is 8.35. The molecule has 0 bridgehead atoms. The molecule has 2 heteroatoms. The fourth-order valence-corrected chi connectivity index (χ4v) is 0.420. The van der Waals surface area contributed by atoms with E-state index in [1.807, 2.05) is 19.9 Å². The van der Waals surface area contributed by atoms with Crippen molar-refractivity contribution in [2.75, 3.05) is 7.05 Å². The average molecular weight is 122 g/mol. The van der Waals surface area contributed by atoms with E-state index in [4.69, 9.17) is 5.26 Å². The van der Waals surface area contributed by atoms with Crippen LogP contribution in [-0.2, 0) is 0 Å². The van der Waals surface area contributed by atoms with E-state index in [0.29, 0.717) is 5.71 Å². The first-order valence-electron chi connectivity index (χ1n) is 2.72. The van der Waals surface area contributed by atoms with Gasteiger partial charge in [-0.1, -0.05) is 5.57 Å². The van der Waals surface area contributed by atoms with Gasteiger partial charge in [0.15, 0.2) is 0 Å². The lowest BCUT2D eigenvalue weighted by molar-refractivity contribution is 1.38. The van der Waals surface area contributed by atoms with Gasteiger partial charge in [-0.3, -0.25) is 4.99 Å². The number of hydrogen-bond donors (Lipinski definition) is 0. The van der Waals surface area contributed by atoms with Gasteiger partial charge in [0.2, 0.25) is 0 Å². The van der Waals surface area contributed by atoms with Crippen molar-refractivity contribution in [2.45, 2.75) is 13.8 Å². The average Bonchev–Trinajstić information content (AvgIpc) is 1.82. The molecule has 0 aromatic carbocycles. The number of allylic oxidation sites excluding steroid dienone is 2. The van der Waals surface area contributed by atoms with Gasteiger partial charge >= 0.3 is 0 Å². The third-order valence-corrected chi connectivity index (χ3v) is 0.781. The highest BCUT2D eigenvalue weighted by Gasteiger charge is 1.86. The summed E-state index contributed by atoms with van der Waals surface area (Å²) in [6, 6.07) is 1.96. The molecule has 0 saturated heterocycles. The minimum Gasteiger partial charge on any atom is -0.278 e. The fraction of sp³-hybridized carbons (Fsp3) is 0.429. The summed E-state index contributed by atoms with van der Waals surface area (Å²) in [5.74, 6) is 0. The number of nitrogens with zero attached hydrogens (tertiary/aromatic N) is 2. The summed E-state index contributed by atoms with van der Waals surface area (Å²) < 4.78 is 0. The van der Waals surface area contributed by atoms with Crippen molar-refractivity contribution in [1.82, 2.24) is 0 Å². The van der Waals surface area contributed by atoms with Crippen LogP contribution in [0.25, 0.3) is 0 Å². The first-order chi connectivity index (χ1) is 4.20. The number of rotatable bonds is 1. The zero-order valence-electron chi connectivity index (χ0n) is 5.97. The Morgan fingerprint density at radius 3 is 2.22 bits per heavy atom. The Hall–Kier alpha value is -1.10. The summed E-state index contributed by atoms with van der Waals surface area (Å²) in [5.41, 5.74) is 1.58. The largest absolute Gasteiger partial charge is 0.278 e. The molecule has 0 radical (unpaired) electrons. The predicted molar refractivity (Wildman–Crippen MR) is 38.4 cm³/mol. The molecule has 9 heavy (non-hydrogen) atoms. The Kier molecular flexibility index (Phi) is 3.38. The number of nitriles is 1. The third-order valence-electron chi connectivity index (χ3n) is 0.781. The maximum atomic E-state index is 8.35. The van der Waals surface area contributed by atoms with Crippen LogP contribution in [0.15, 0.2) is 16.6 Å². The van der Waals surface area contributed by atoms with Crippen LogP contribution in [0.5, 0.6) is 0 Å². The number of hydrogen-bond acceptors (Lipinski definition) is 2. The molecule has 0 atom stereocenters. The number of aliphatic imine (C=N–C) groups is 1. The van der Waals surface area contributed by atoms with Crippen LogP contribution in [0, 0.1) is 11.3 Å². The van der Waals surface area contributed by atoms with E-state index in [0.717, 1.165) is 5.57 Å². The summed E-state index contributed by atoms with van der Waals surface area (Å²) >= 11 is 0. The lowest BCUT2D eigenvalue weighted by Gasteiger charge is -1.85. The van der Waals surface area contributed by atoms with E-state index in [-0.39, 0.29) is 0 Å². The highest BCUT2D eigenvalue weighted by atomic mass is 14.7. The van der Waals surface area contributed by atoms with E-state index >= 15 is 0 Å². The van der Waals surface area contributed by atoms with Crippen LogP contribution in [-0.4, -0.2) is 12.8 Å². The van der Waals surface area contributed by atoms with Gasteiger partial charge in [-0.05, 0) is 19.9 Å². The quantitative estimate of drug-likeness (QED) is 0.486. The predicted octanol–water partition coefficient (Wildman–Crippen LogP) is 1.55. The Morgan fingerprint density at radius 2 is 2.11 bits per heavy atom. The van der Waals surface area contributed by atoms with Gasteiger partial charge in [-0.2, -0.15) is 5.26 Å². The molecular formula is C7H10N2. The monoisotopic (exact) mass is 122 g/mol. The first kappa shape index (κ1) is 7.90. The van der Waals surface area contributed by atoms with Gasteiger partial charge in [0.05, 0.1) is 0 Å². The molecule has 0 aliphatic carbocycles. The molecule has 0 aliphatic rings. The molecule has 0 fully saturated rings. The van der Waals surface area contributed by atoms with Crippen LogP contribution >= 0.6 is 0 Å². The highest BCUT2D eigenvalue weighted by Crippen LogP contribution is 1.89. The van der Waals surface area contributed by atoms with Crippen LogP contribution in [0.1, 0.15) is 13.8 Å². The van der Waals surface area contributed by atoms with Crippen molar-refractivity contribution in [3.05, 3.63) is 11.6 Å². The molecule has 0 unspecified atom stereocenters. The molecule has 0 rings (SSSR count). The van der Waals surface area contributed by atoms with Gasteiger partial charge in [-0.25, -0.2) is 0 Å². The van der Waals surface area contributed by atoms with Crippen molar-refractivity contribution < 1.29 is 0 Å². The molecule has 0 amide bonds. The van der Waals surface area contributed by atoms with Crippen molar-refractivity contribution >= 4 is 5.71 Å². The molecule has 0 aromatic rings. The van der Waals surface area contributed by atoms with Crippen LogP contribution < -0.4 is 0 Å². The lowest BCUT2D eigenvalue weighted by Crippen LogP contribution is -1.87. The SMILES string of the molecule is CN=C(C#N)C=C(C)C. The summed E-state index contributed by atoms with van der Waals surface area (Å²) in [6.45, 7) is 3.87. The second kappa shape index (κ2) is 3.85. The molecule has 48 valence electrons. The summed E-state index contributed by atoms with van der Waals surface area (Å²) in [4.78, 5) is 3.73. The van der Waals surface area contributed by atoms with E-state index in [2.05, 4.69) is 4.99 Å². The highest BCUT2D eigenvalue weighted by molar-refractivity contribution is 6.07. The molecule has 0 saturated carbocycles. The molecule has 0 heterocycles. The summed E-state index contributed by atoms with van der Waals surface area (Å²) in [6.07, 6.45) is 1.75. The van der Waals surface area contributed by atoms with Crippen molar-refractivity contribution in [3.8, 4) is 6.07 Å². The van der Waals surface area contributed by atoms with Gasteiger partial charge in [0.25, 0.3) is 0 Å². The van der Waals surface area contributed by atoms with Gasteiger partial charge in [0.1, 0.15) is 11.8 Å². The topological polar surface area (TPSA) is 36.1 Å². The molecule has 2 nitrogen and oxygen atoms in total. The van der Waals surface area contributed by atoms with Gasteiger partial charge in [-0.15, -0.1) is 0 Å². The minimum atomic E-state index is 0.481. The van der Waals surface area contributed by atoms with E-state index in [9.17, 15) is 0 Å². The zero-order valence-corrected chi connectivity index (χ0v) is 5.97. The molecule has 0 N–H and O–H groups in total. The lowest BCUT2D eigenvalue weighted by atomic mass is 10.2. The van der Waals surface area contributed by atoms with Gasteiger partial charge in [0, 0.05) is 7.05 Å². The van der Waals surface area contributed by atoms with Crippen molar-refractivity contribution in [2.24, 2.45) is 4.99 Å². The third kappa shape index (κ3) is 3.48. The molecule has 0 spiro atoms. The molecule has 0 aliphatic heterocycles. The van der Waals surface area contributed by atoms with E-state index in [1.54, 1.807) is 13.1 Å². The van der Waals surface area contributed by atoms with Crippen LogP contribution in [0.3, 0.4) is 0 Å². The first-order valence-corrected chi connectivity index (χ1v) is 2.72. The van der Waals surface area contributed by atoms with Crippen molar-refractivity contribution in [3.63, 3.8) is 0 Å². The second-order valence-corrected chi connectivity index (χ2v) is 1.94. The van der Waals surface area contributed by atoms with Crippen molar-refractivity contribution in [1.29, 1.82) is 5.26 Å². The van der Waals surface area contributed by atoms with Gasteiger partial charge < -0.3 is 0 Å². The minimum absolute atomic E-state index is 0.481. The van der Waals surface area contributed by atoms with Crippen LogP contribution in [0.4, 0.5) is 0 Å². The fourth-order valence-electron chi connectivity index (χ4n) is 0.420. The Labute approximate surface area is 55.5 Å². The molecule has 0 aromatic heterocycles. The second-order valence-electron chi connectivity index (χ2n) is 1.94. The smallest absolute Gasteiger partial charge is 0.134 e. The zero-order chi connectivity index (χ0) is 7.28. The van der Waals surface area contributed by atoms with E-state index < -0.39 is 0 Å². The normalized spacial score (nSPS) is 10.2. The van der Waals surface area contributed by atoms with E-state index in [1.165, 1.54) is 0 Å². The summed E-state index contributed by atoms with van der Waals surface area (Å²) in [7, 11) is 1.61. The maximum Gasteiger partial charge on any atom is 0.134 e.